The lowest BCUT2D eigenvalue weighted by atomic mass is 10.1. The fraction of sp³-hybridized carbons (Fsp3) is 0.263. The molecule has 7 heteroatoms. The van der Waals surface area contributed by atoms with E-state index in [0.717, 1.165) is 23.4 Å². The van der Waals surface area contributed by atoms with Crippen LogP contribution in [0.2, 0.25) is 0 Å². The highest BCUT2D eigenvalue weighted by Crippen LogP contribution is 2.18. The van der Waals surface area contributed by atoms with Crippen molar-refractivity contribution in [3.63, 3.8) is 0 Å². The quantitative estimate of drug-likeness (QED) is 0.824. The third-order valence-corrected chi connectivity index (χ3v) is 3.84. The lowest BCUT2D eigenvalue weighted by Gasteiger charge is -2.20. The minimum Gasteiger partial charge on any atom is -0.497 e. The molecule has 0 heterocycles. The number of rotatable bonds is 7. The highest BCUT2D eigenvalue weighted by molar-refractivity contribution is 5.94. The van der Waals surface area contributed by atoms with E-state index >= 15 is 0 Å². The van der Waals surface area contributed by atoms with E-state index in [9.17, 15) is 18.4 Å². The Hall–Kier alpha value is -2.96. The minimum absolute atomic E-state index is 0.292. The van der Waals surface area contributed by atoms with Crippen LogP contribution < -0.4 is 10.1 Å². The van der Waals surface area contributed by atoms with Crippen molar-refractivity contribution in [2.24, 2.45) is 0 Å². The van der Waals surface area contributed by atoms with Gasteiger partial charge in [-0.15, -0.1) is 0 Å². The Bertz CT molecular complexity index is 759. The molecular weight excluding hydrogens is 342 g/mol. The summed E-state index contributed by atoms with van der Waals surface area (Å²) in [5.41, 5.74) is 0.453. The summed E-state index contributed by atoms with van der Waals surface area (Å²) in [6.45, 7) is 1.35. The fourth-order valence-electron chi connectivity index (χ4n) is 2.37. The highest BCUT2D eigenvalue weighted by atomic mass is 19.1. The number of nitrogens with zero attached hydrogens (tertiary/aromatic N) is 1. The number of nitrogens with one attached hydrogen (secondary N) is 1. The molecule has 0 saturated carbocycles. The van der Waals surface area contributed by atoms with Crippen LogP contribution in [-0.2, 0) is 16.0 Å². The summed E-state index contributed by atoms with van der Waals surface area (Å²) in [7, 11) is 1.57. The molecule has 0 aromatic heterocycles. The smallest absolute Gasteiger partial charge is 0.244 e. The van der Waals surface area contributed by atoms with Crippen molar-refractivity contribution >= 4 is 17.5 Å². The van der Waals surface area contributed by atoms with Crippen LogP contribution in [0.25, 0.3) is 0 Å². The molecule has 26 heavy (non-hydrogen) atoms. The van der Waals surface area contributed by atoms with E-state index in [-0.39, 0.29) is 12.5 Å². The maximum absolute atomic E-state index is 13.6. The van der Waals surface area contributed by atoms with Crippen molar-refractivity contribution in [1.29, 1.82) is 0 Å². The zero-order chi connectivity index (χ0) is 19.1. The van der Waals surface area contributed by atoms with Crippen LogP contribution in [0.5, 0.6) is 5.75 Å². The summed E-state index contributed by atoms with van der Waals surface area (Å²) in [6.07, 6.45) is 0.533. The molecule has 0 spiro atoms. The molecule has 0 unspecified atom stereocenters. The first kappa shape index (κ1) is 19.4. The van der Waals surface area contributed by atoms with Gasteiger partial charge in [0.2, 0.25) is 11.8 Å². The highest BCUT2D eigenvalue weighted by Gasteiger charge is 2.17. The number of carbonyl (C=O) groups is 2. The number of hydrogen-bond donors (Lipinski definition) is 1. The third kappa shape index (κ3) is 5.27. The number of benzene rings is 2. The van der Waals surface area contributed by atoms with Crippen molar-refractivity contribution in [1.82, 2.24) is 4.90 Å². The number of amides is 2. The van der Waals surface area contributed by atoms with Gasteiger partial charge in [0.15, 0.2) is 0 Å². The number of para-hydroxylation sites is 1. The maximum Gasteiger partial charge on any atom is 0.244 e. The summed E-state index contributed by atoms with van der Waals surface area (Å²) in [5.74, 6) is -1.98. The van der Waals surface area contributed by atoms with Gasteiger partial charge in [-0.25, -0.2) is 8.78 Å². The number of methoxy groups -OCH3 is 1. The van der Waals surface area contributed by atoms with E-state index in [2.05, 4.69) is 5.32 Å². The Balaban J connectivity index is 1.96. The van der Waals surface area contributed by atoms with Crippen molar-refractivity contribution in [2.75, 3.05) is 25.5 Å². The van der Waals surface area contributed by atoms with Crippen LogP contribution >= 0.6 is 0 Å². The molecule has 0 fully saturated rings. The number of halogens is 2. The molecule has 1 N–H and O–H groups in total. The standard InChI is InChI=1S/C19H20F2N2O3/c1-13(24)23(11-10-14-6-8-15(26-2)9-7-14)12-18(25)22-19-16(20)4-3-5-17(19)21/h3-9H,10-12H2,1-2H3,(H,22,25). The molecular formula is C19H20F2N2O3. The Labute approximate surface area is 150 Å². The minimum atomic E-state index is -0.869. The van der Waals surface area contributed by atoms with E-state index < -0.39 is 23.2 Å². The molecule has 0 radical (unpaired) electrons. The van der Waals surface area contributed by atoms with Crippen LogP contribution in [0.15, 0.2) is 42.5 Å². The lowest BCUT2D eigenvalue weighted by Crippen LogP contribution is -2.38. The van der Waals surface area contributed by atoms with Crippen molar-refractivity contribution in [3.05, 3.63) is 59.7 Å². The normalized spacial score (nSPS) is 10.3. The molecule has 0 saturated heterocycles. The molecule has 2 amide bonds. The second-order valence-electron chi connectivity index (χ2n) is 5.68. The number of hydrogen-bond acceptors (Lipinski definition) is 3. The summed E-state index contributed by atoms with van der Waals surface area (Å²) in [6, 6.07) is 10.6. The zero-order valence-electron chi connectivity index (χ0n) is 14.6. The lowest BCUT2D eigenvalue weighted by molar-refractivity contribution is -0.132. The topological polar surface area (TPSA) is 58.6 Å². The largest absolute Gasteiger partial charge is 0.497 e. The average Bonchev–Trinajstić information content (AvgIpc) is 2.62. The van der Waals surface area contributed by atoms with E-state index in [1.807, 2.05) is 12.1 Å². The van der Waals surface area contributed by atoms with Gasteiger partial charge in [-0.05, 0) is 36.2 Å². The van der Waals surface area contributed by atoms with E-state index in [4.69, 9.17) is 4.74 Å². The van der Waals surface area contributed by atoms with Crippen molar-refractivity contribution in [2.45, 2.75) is 13.3 Å². The van der Waals surface area contributed by atoms with Gasteiger partial charge in [0.1, 0.15) is 23.1 Å². The van der Waals surface area contributed by atoms with Crippen LogP contribution in [0.1, 0.15) is 12.5 Å². The zero-order valence-corrected chi connectivity index (χ0v) is 14.6. The molecule has 0 aliphatic carbocycles. The fourth-order valence-corrected chi connectivity index (χ4v) is 2.37. The van der Waals surface area contributed by atoms with Crippen LogP contribution in [0, 0.1) is 11.6 Å². The van der Waals surface area contributed by atoms with Crippen LogP contribution in [-0.4, -0.2) is 36.9 Å². The molecule has 0 atom stereocenters. The summed E-state index contributed by atoms with van der Waals surface area (Å²) in [4.78, 5) is 25.2. The predicted molar refractivity (Wildman–Crippen MR) is 93.9 cm³/mol. The molecule has 2 aromatic carbocycles. The average molecular weight is 362 g/mol. The van der Waals surface area contributed by atoms with Gasteiger partial charge in [0, 0.05) is 13.5 Å². The first-order chi connectivity index (χ1) is 12.4. The molecule has 0 aliphatic rings. The SMILES string of the molecule is COc1ccc(CCN(CC(=O)Nc2c(F)cccc2F)C(C)=O)cc1. The van der Waals surface area contributed by atoms with E-state index in [1.165, 1.54) is 17.9 Å². The van der Waals surface area contributed by atoms with Crippen LogP contribution in [0.4, 0.5) is 14.5 Å². The van der Waals surface area contributed by atoms with Crippen molar-refractivity contribution < 1.29 is 23.1 Å². The Kier molecular flexibility index (Phi) is 6.66. The third-order valence-electron chi connectivity index (χ3n) is 3.84. The van der Waals surface area contributed by atoms with Gasteiger partial charge >= 0.3 is 0 Å². The molecule has 2 rings (SSSR count). The first-order valence-electron chi connectivity index (χ1n) is 8.03. The number of ether oxygens (including phenoxy) is 1. The van der Waals surface area contributed by atoms with Crippen LogP contribution in [0.3, 0.4) is 0 Å². The number of carbonyl (C=O) groups excluding carboxylic acids is 2. The van der Waals surface area contributed by atoms with E-state index in [1.54, 1.807) is 19.2 Å². The van der Waals surface area contributed by atoms with Gasteiger partial charge in [0.05, 0.1) is 13.7 Å². The van der Waals surface area contributed by atoms with Gasteiger partial charge in [-0.3, -0.25) is 9.59 Å². The van der Waals surface area contributed by atoms with E-state index in [0.29, 0.717) is 13.0 Å². The summed E-state index contributed by atoms with van der Waals surface area (Å²) in [5, 5.41) is 2.18. The Morgan fingerprint density at radius 2 is 1.69 bits per heavy atom. The van der Waals surface area contributed by atoms with Gasteiger partial charge in [0.25, 0.3) is 0 Å². The van der Waals surface area contributed by atoms with Gasteiger partial charge < -0.3 is 15.0 Å². The molecule has 0 bridgehead atoms. The maximum atomic E-state index is 13.6. The second kappa shape index (κ2) is 8.94. The molecule has 0 aliphatic heterocycles. The Morgan fingerprint density at radius 3 is 2.23 bits per heavy atom. The van der Waals surface area contributed by atoms with Gasteiger partial charge in [-0.2, -0.15) is 0 Å². The monoisotopic (exact) mass is 362 g/mol. The second-order valence-corrected chi connectivity index (χ2v) is 5.68. The summed E-state index contributed by atoms with van der Waals surface area (Å²) >= 11 is 0. The number of anilines is 1. The Morgan fingerprint density at radius 1 is 1.08 bits per heavy atom. The molecule has 2 aromatic rings. The molecule has 5 nitrogen and oxygen atoms in total. The first-order valence-corrected chi connectivity index (χ1v) is 8.03. The predicted octanol–water partition coefficient (Wildman–Crippen LogP) is 3.00. The van der Waals surface area contributed by atoms with Crippen molar-refractivity contribution in [3.8, 4) is 5.75 Å². The molecule has 138 valence electrons. The summed E-state index contributed by atoms with van der Waals surface area (Å²) < 4.78 is 32.3. The van der Waals surface area contributed by atoms with Gasteiger partial charge in [-0.1, -0.05) is 18.2 Å².